The Kier molecular flexibility index (Phi) is 7.85. The van der Waals surface area contributed by atoms with Gasteiger partial charge in [-0.2, -0.15) is 0 Å². The van der Waals surface area contributed by atoms with Gasteiger partial charge in [0.2, 0.25) is 0 Å². The summed E-state index contributed by atoms with van der Waals surface area (Å²) in [5.41, 5.74) is 0. The van der Waals surface area contributed by atoms with Gasteiger partial charge in [0, 0.05) is 0 Å². The van der Waals surface area contributed by atoms with Gasteiger partial charge in [-0.25, -0.2) is 0 Å². The van der Waals surface area contributed by atoms with Crippen LogP contribution in [0.2, 0.25) is 0 Å². The molecule has 0 aliphatic carbocycles. The van der Waals surface area contributed by atoms with Crippen molar-refractivity contribution in [3.63, 3.8) is 0 Å². The summed E-state index contributed by atoms with van der Waals surface area (Å²) in [6.07, 6.45) is 3.70. The first-order chi connectivity index (χ1) is 6.45. The second-order valence-corrected chi connectivity index (χ2v) is 7.51. The fourth-order valence-electron chi connectivity index (χ4n) is 1.00. The van der Waals surface area contributed by atoms with Gasteiger partial charge in [0.1, 0.15) is 0 Å². The normalized spacial score (nSPS) is 8.27. The summed E-state index contributed by atoms with van der Waals surface area (Å²) in [7, 11) is 0. The Hall–Kier alpha value is -0.237. The third kappa shape index (κ3) is 4.88. The van der Waals surface area contributed by atoms with Gasteiger partial charge in [0.15, 0.2) is 0 Å². The zero-order valence-electron chi connectivity index (χ0n) is 7.77. The molecule has 0 N–H and O–H groups in total. The quantitative estimate of drug-likeness (QED) is 0.438. The first-order valence-electron chi connectivity index (χ1n) is 4.04. The first kappa shape index (κ1) is 14.8. The summed E-state index contributed by atoms with van der Waals surface area (Å²) in [6.45, 7) is 0. The van der Waals surface area contributed by atoms with Crippen molar-refractivity contribution in [1.82, 2.24) is 9.97 Å². The molecule has 0 atom stereocenters. The number of hydrogen-bond donors (Lipinski definition) is 0. The average molecular weight is 437 g/mol. The number of hydrogen-bond acceptors (Lipinski definition) is 2. The van der Waals surface area contributed by atoms with Crippen LogP contribution in [-0.4, -0.2) is 33.2 Å². The summed E-state index contributed by atoms with van der Waals surface area (Å²) in [4.78, 5) is 8.64. The molecule has 0 unspecified atom stereocenters. The SMILES string of the molecule is [Cl-].[Cl-].c1cc[c]([BiH+2][c]2ccccn2)nc1. The van der Waals surface area contributed by atoms with Gasteiger partial charge in [-0.15, -0.1) is 0 Å². The van der Waals surface area contributed by atoms with Crippen LogP contribution in [0.3, 0.4) is 0 Å². The first-order valence-corrected chi connectivity index (χ1v) is 7.93. The standard InChI is InChI=1S/2C5H4N.Bi.2ClH.H/c2*1-2-4-6-5-3-1;;;;/h2*1-4H;;2*1H;/q;;+2;;;/p-2. The Morgan fingerprint density at radius 2 is 1.20 bits per heavy atom. The van der Waals surface area contributed by atoms with Crippen LogP contribution >= 0.6 is 0 Å². The van der Waals surface area contributed by atoms with Gasteiger partial charge in [-0.3, -0.25) is 0 Å². The van der Waals surface area contributed by atoms with E-state index in [1.165, 1.54) is 6.80 Å². The molecule has 2 nitrogen and oxygen atoms in total. The van der Waals surface area contributed by atoms with Crippen molar-refractivity contribution >= 4 is 30.0 Å². The Labute approximate surface area is 113 Å². The molecular weight excluding hydrogens is 428 g/mol. The summed E-state index contributed by atoms with van der Waals surface area (Å²) in [6, 6.07) is 12.2. The van der Waals surface area contributed by atoms with Crippen molar-refractivity contribution in [2.75, 3.05) is 0 Å². The Morgan fingerprint density at radius 1 is 0.733 bits per heavy atom. The molecular formula is C10H9BiCl2N2. The van der Waals surface area contributed by atoms with Crippen LogP contribution in [0.1, 0.15) is 0 Å². The van der Waals surface area contributed by atoms with Crippen molar-refractivity contribution in [2.45, 2.75) is 0 Å². The minimum atomic E-state index is -0.962. The van der Waals surface area contributed by atoms with E-state index in [0.717, 1.165) is 0 Å². The van der Waals surface area contributed by atoms with Crippen molar-refractivity contribution in [2.24, 2.45) is 0 Å². The number of pyridine rings is 2. The molecule has 0 aliphatic rings. The van der Waals surface area contributed by atoms with E-state index in [0.29, 0.717) is 0 Å². The molecule has 2 aromatic rings. The maximum absolute atomic E-state index is 4.32. The van der Waals surface area contributed by atoms with Crippen LogP contribution in [0.25, 0.3) is 0 Å². The number of aromatic nitrogens is 2. The minimum absolute atomic E-state index is 0. The molecule has 2 rings (SSSR count). The zero-order chi connectivity index (χ0) is 8.93. The maximum atomic E-state index is 4.32. The van der Waals surface area contributed by atoms with E-state index in [2.05, 4.69) is 22.1 Å². The molecule has 0 amide bonds. The van der Waals surface area contributed by atoms with E-state index in [-0.39, 0.29) is 24.8 Å². The van der Waals surface area contributed by atoms with Gasteiger partial charge < -0.3 is 24.8 Å². The molecule has 2 heterocycles. The third-order valence-corrected chi connectivity index (χ3v) is 5.88. The van der Waals surface area contributed by atoms with E-state index in [9.17, 15) is 0 Å². The molecule has 0 spiro atoms. The van der Waals surface area contributed by atoms with Crippen LogP contribution in [0.5, 0.6) is 0 Å². The predicted octanol–water partition coefficient (Wildman–Crippen LogP) is -6.13. The van der Waals surface area contributed by atoms with E-state index in [4.69, 9.17) is 0 Å². The van der Waals surface area contributed by atoms with E-state index >= 15 is 0 Å². The van der Waals surface area contributed by atoms with Gasteiger partial charge >= 0.3 is 88.8 Å². The monoisotopic (exact) mass is 436 g/mol. The van der Waals surface area contributed by atoms with Gasteiger partial charge in [-0.1, -0.05) is 0 Å². The fourth-order valence-corrected chi connectivity index (χ4v) is 4.50. The topological polar surface area (TPSA) is 25.8 Å². The van der Waals surface area contributed by atoms with Crippen molar-refractivity contribution < 1.29 is 24.8 Å². The molecule has 5 heteroatoms. The van der Waals surface area contributed by atoms with Crippen LogP contribution in [0, 0.1) is 0 Å². The molecule has 15 heavy (non-hydrogen) atoms. The fraction of sp³-hybridized carbons (Fsp3) is 0. The van der Waals surface area contributed by atoms with Crippen LogP contribution in [0.15, 0.2) is 48.8 Å². The summed E-state index contributed by atoms with van der Waals surface area (Å²) < 4.78 is 2.50. The Bertz CT molecular complexity index is 332. The Balaban J connectivity index is 0.000000980. The average Bonchev–Trinajstić information content (AvgIpc) is 2.21. The molecule has 2 aromatic heterocycles. The molecule has 0 aliphatic heterocycles. The molecule has 0 fully saturated rings. The molecule has 78 valence electrons. The summed E-state index contributed by atoms with van der Waals surface area (Å²) in [5.74, 6) is 0. The molecule has 0 bridgehead atoms. The molecule has 0 aromatic carbocycles. The summed E-state index contributed by atoms with van der Waals surface area (Å²) >= 11 is -0.962. The Morgan fingerprint density at radius 3 is 1.53 bits per heavy atom. The zero-order valence-corrected chi connectivity index (χ0v) is 13.2. The number of nitrogens with zero attached hydrogens (tertiary/aromatic N) is 2. The third-order valence-electron chi connectivity index (χ3n) is 1.59. The molecule has 0 saturated heterocycles. The van der Waals surface area contributed by atoms with E-state index in [1.807, 2.05) is 36.7 Å². The van der Waals surface area contributed by atoms with Gasteiger partial charge in [-0.05, 0) is 0 Å². The number of halogens is 2. The van der Waals surface area contributed by atoms with Crippen LogP contribution in [-0.2, 0) is 0 Å². The van der Waals surface area contributed by atoms with Crippen molar-refractivity contribution in [3.8, 4) is 0 Å². The number of rotatable bonds is 2. The molecule has 0 saturated carbocycles. The molecule has 0 radical (unpaired) electrons. The van der Waals surface area contributed by atoms with Gasteiger partial charge in [0.25, 0.3) is 0 Å². The van der Waals surface area contributed by atoms with E-state index in [1.54, 1.807) is 0 Å². The van der Waals surface area contributed by atoms with Crippen molar-refractivity contribution in [1.29, 1.82) is 0 Å². The van der Waals surface area contributed by atoms with Crippen LogP contribution < -0.4 is 31.6 Å². The van der Waals surface area contributed by atoms with Crippen LogP contribution in [0.4, 0.5) is 0 Å². The second kappa shape index (κ2) is 7.98. The predicted molar refractivity (Wildman–Crippen MR) is 54.9 cm³/mol. The van der Waals surface area contributed by atoms with Gasteiger partial charge in [0.05, 0.1) is 0 Å². The van der Waals surface area contributed by atoms with E-state index < -0.39 is 23.2 Å². The summed E-state index contributed by atoms with van der Waals surface area (Å²) in [5, 5.41) is 0. The van der Waals surface area contributed by atoms with Crippen molar-refractivity contribution in [3.05, 3.63) is 48.8 Å². The second-order valence-electron chi connectivity index (χ2n) is 2.55.